The fourth-order valence-electron chi connectivity index (χ4n) is 1.82. The number of nitrogens with two attached hydrogens (primary N) is 1. The number of aromatic nitrogens is 4. The molecule has 1 unspecified atom stereocenters. The van der Waals surface area contributed by atoms with Gasteiger partial charge in [0.05, 0.1) is 30.0 Å². The summed E-state index contributed by atoms with van der Waals surface area (Å²) in [6.45, 7) is 3.02. The third kappa shape index (κ3) is 1.86. The van der Waals surface area contributed by atoms with E-state index in [2.05, 4.69) is 17.0 Å². The van der Waals surface area contributed by atoms with Crippen molar-refractivity contribution in [2.75, 3.05) is 0 Å². The van der Waals surface area contributed by atoms with E-state index in [0.717, 1.165) is 24.4 Å². The van der Waals surface area contributed by atoms with E-state index in [4.69, 9.17) is 5.73 Å². The summed E-state index contributed by atoms with van der Waals surface area (Å²) in [6.07, 6.45) is 6.40. The Hall–Kier alpha value is -1.62. The summed E-state index contributed by atoms with van der Waals surface area (Å²) < 4.78 is 3.89. The molecule has 0 amide bonds. The summed E-state index contributed by atoms with van der Waals surface area (Å²) in [4.78, 5) is 4.08. The highest BCUT2D eigenvalue weighted by molar-refractivity contribution is 5.19. The fourth-order valence-corrected chi connectivity index (χ4v) is 1.82. The normalized spacial score (nSPS) is 12.9. The molecular formula is C11H17N5. The molecule has 2 rings (SSSR count). The van der Waals surface area contributed by atoms with Gasteiger partial charge in [-0.2, -0.15) is 5.10 Å². The number of rotatable bonds is 4. The van der Waals surface area contributed by atoms with Gasteiger partial charge in [-0.1, -0.05) is 6.92 Å². The molecule has 1 atom stereocenters. The molecule has 0 fully saturated rings. The van der Waals surface area contributed by atoms with Crippen LogP contribution in [0.2, 0.25) is 0 Å². The maximum Gasteiger partial charge on any atom is 0.0946 e. The summed E-state index contributed by atoms with van der Waals surface area (Å²) in [6, 6.07) is 1.80. The predicted octanol–water partition coefficient (Wildman–Crippen LogP) is 1.07. The number of aryl methyl sites for hydroxylation is 2. The summed E-state index contributed by atoms with van der Waals surface area (Å²) in [5.41, 5.74) is 8.25. The van der Waals surface area contributed by atoms with Crippen molar-refractivity contribution in [3.63, 3.8) is 0 Å². The van der Waals surface area contributed by atoms with Gasteiger partial charge < -0.3 is 10.3 Å². The molecule has 16 heavy (non-hydrogen) atoms. The summed E-state index contributed by atoms with van der Waals surface area (Å²) in [5.74, 6) is 0. The molecule has 0 saturated heterocycles. The minimum Gasteiger partial charge on any atom is -0.336 e. The number of hydrogen-bond acceptors (Lipinski definition) is 3. The lowest BCUT2D eigenvalue weighted by molar-refractivity contribution is 0.552. The molecule has 0 saturated carbocycles. The zero-order chi connectivity index (χ0) is 11.5. The van der Waals surface area contributed by atoms with Crippen LogP contribution < -0.4 is 5.73 Å². The van der Waals surface area contributed by atoms with E-state index >= 15 is 0 Å². The molecule has 0 radical (unpaired) electrons. The molecule has 0 aromatic carbocycles. The molecule has 86 valence electrons. The molecule has 0 bridgehead atoms. The van der Waals surface area contributed by atoms with Crippen molar-refractivity contribution in [1.29, 1.82) is 0 Å². The Labute approximate surface area is 94.9 Å². The van der Waals surface area contributed by atoms with Crippen molar-refractivity contribution in [2.24, 2.45) is 12.8 Å². The maximum atomic E-state index is 6.22. The monoisotopic (exact) mass is 219 g/mol. The summed E-state index contributed by atoms with van der Waals surface area (Å²) in [7, 11) is 1.95. The molecule has 0 spiro atoms. The Kier molecular flexibility index (Phi) is 3.05. The molecule has 0 aliphatic heterocycles. The van der Waals surface area contributed by atoms with Crippen molar-refractivity contribution in [1.82, 2.24) is 19.3 Å². The van der Waals surface area contributed by atoms with Crippen LogP contribution in [0.5, 0.6) is 0 Å². The van der Waals surface area contributed by atoms with E-state index in [1.54, 1.807) is 18.7 Å². The van der Waals surface area contributed by atoms with Gasteiger partial charge in [-0.15, -0.1) is 0 Å². The second-order valence-corrected chi connectivity index (χ2v) is 3.89. The summed E-state index contributed by atoms with van der Waals surface area (Å²) in [5, 5.41) is 4.27. The molecule has 5 heteroatoms. The van der Waals surface area contributed by atoms with Crippen molar-refractivity contribution < 1.29 is 0 Å². The highest BCUT2D eigenvalue weighted by Crippen LogP contribution is 2.18. The number of hydrogen-bond donors (Lipinski definition) is 1. The van der Waals surface area contributed by atoms with Gasteiger partial charge in [0.1, 0.15) is 0 Å². The molecule has 0 aliphatic rings. The van der Waals surface area contributed by atoms with Crippen molar-refractivity contribution in [3.8, 4) is 0 Å². The largest absolute Gasteiger partial charge is 0.336 e. The molecule has 5 nitrogen and oxygen atoms in total. The number of imidazole rings is 1. The highest BCUT2D eigenvalue weighted by Gasteiger charge is 2.16. The lowest BCUT2D eigenvalue weighted by Crippen LogP contribution is -2.19. The third-order valence-corrected chi connectivity index (χ3v) is 2.68. The topological polar surface area (TPSA) is 61.7 Å². The van der Waals surface area contributed by atoms with Crippen LogP contribution in [0, 0.1) is 0 Å². The Bertz CT molecular complexity index is 456. The lowest BCUT2D eigenvalue weighted by Gasteiger charge is -2.14. The SMILES string of the molecule is CCCn1nccc1C(N)c1cncn1C. The van der Waals surface area contributed by atoms with Gasteiger partial charge >= 0.3 is 0 Å². The highest BCUT2D eigenvalue weighted by atomic mass is 15.3. The zero-order valence-electron chi connectivity index (χ0n) is 9.67. The summed E-state index contributed by atoms with van der Waals surface area (Å²) >= 11 is 0. The van der Waals surface area contributed by atoms with Crippen LogP contribution in [0.15, 0.2) is 24.8 Å². The first kappa shape index (κ1) is 10.9. The van der Waals surface area contributed by atoms with E-state index in [1.165, 1.54) is 0 Å². The maximum absolute atomic E-state index is 6.22. The molecule has 0 aliphatic carbocycles. The molecule has 2 aromatic heterocycles. The first-order chi connectivity index (χ1) is 7.74. The quantitative estimate of drug-likeness (QED) is 0.836. The van der Waals surface area contributed by atoms with Gasteiger partial charge in [-0.3, -0.25) is 4.68 Å². The van der Waals surface area contributed by atoms with Gasteiger partial charge in [0.2, 0.25) is 0 Å². The molecule has 2 aromatic rings. The Morgan fingerprint density at radius 1 is 1.44 bits per heavy atom. The first-order valence-corrected chi connectivity index (χ1v) is 5.47. The minimum absolute atomic E-state index is 0.165. The smallest absolute Gasteiger partial charge is 0.0946 e. The van der Waals surface area contributed by atoms with Crippen molar-refractivity contribution >= 4 is 0 Å². The Balaban J connectivity index is 2.30. The van der Waals surface area contributed by atoms with Crippen LogP contribution in [-0.4, -0.2) is 19.3 Å². The zero-order valence-corrected chi connectivity index (χ0v) is 9.67. The van der Waals surface area contributed by atoms with Crippen LogP contribution >= 0.6 is 0 Å². The van der Waals surface area contributed by atoms with Gasteiger partial charge in [-0.25, -0.2) is 4.98 Å². The Morgan fingerprint density at radius 2 is 2.25 bits per heavy atom. The van der Waals surface area contributed by atoms with E-state index < -0.39 is 0 Å². The molecular weight excluding hydrogens is 202 g/mol. The van der Waals surface area contributed by atoms with Gasteiger partial charge in [0.25, 0.3) is 0 Å². The van der Waals surface area contributed by atoms with Crippen LogP contribution in [0.25, 0.3) is 0 Å². The van der Waals surface area contributed by atoms with Crippen LogP contribution in [0.4, 0.5) is 0 Å². The molecule has 2 heterocycles. The van der Waals surface area contributed by atoms with Crippen LogP contribution in [-0.2, 0) is 13.6 Å². The van der Waals surface area contributed by atoms with E-state index in [0.29, 0.717) is 0 Å². The second-order valence-electron chi connectivity index (χ2n) is 3.89. The average molecular weight is 219 g/mol. The van der Waals surface area contributed by atoms with Crippen LogP contribution in [0.3, 0.4) is 0 Å². The van der Waals surface area contributed by atoms with E-state index in [1.807, 2.05) is 22.4 Å². The Morgan fingerprint density at radius 3 is 2.88 bits per heavy atom. The van der Waals surface area contributed by atoms with Crippen LogP contribution in [0.1, 0.15) is 30.8 Å². The molecule has 2 N–H and O–H groups in total. The van der Waals surface area contributed by atoms with Gasteiger partial charge in [-0.05, 0) is 12.5 Å². The predicted molar refractivity (Wildman–Crippen MR) is 61.8 cm³/mol. The fraction of sp³-hybridized carbons (Fsp3) is 0.455. The first-order valence-electron chi connectivity index (χ1n) is 5.47. The van der Waals surface area contributed by atoms with E-state index in [-0.39, 0.29) is 6.04 Å². The minimum atomic E-state index is -0.165. The van der Waals surface area contributed by atoms with Crippen molar-refractivity contribution in [3.05, 3.63) is 36.2 Å². The average Bonchev–Trinajstić information content (AvgIpc) is 2.87. The third-order valence-electron chi connectivity index (χ3n) is 2.68. The van der Waals surface area contributed by atoms with E-state index in [9.17, 15) is 0 Å². The second kappa shape index (κ2) is 4.49. The number of nitrogens with zero attached hydrogens (tertiary/aromatic N) is 4. The lowest BCUT2D eigenvalue weighted by atomic mass is 10.1. The standard InChI is InChI=1S/C11H17N5/c1-3-6-16-9(4-5-14-16)11(12)10-7-13-8-15(10)2/h4-5,7-8,11H,3,6,12H2,1-2H3. The van der Waals surface area contributed by atoms with Gasteiger partial charge in [0.15, 0.2) is 0 Å². The van der Waals surface area contributed by atoms with Crippen molar-refractivity contribution in [2.45, 2.75) is 25.9 Å². The van der Waals surface area contributed by atoms with Gasteiger partial charge in [0, 0.05) is 19.8 Å².